The number of carbonyl (C=O) groups is 1. The summed E-state index contributed by atoms with van der Waals surface area (Å²) < 4.78 is 0. The predicted octanol–water partition coefficient (Wildman–Crippen LogP) is 2.77. The van der Waals surface area contributed by atoms with Crippen LogP contribution in [0, 0.1) is 5.92 Å². The van der Waals surface area contributed by atoms with E-state index in [4.69, 9.17) is 28.3 Å². The minimum atomic E-state index is -0.923. The third kappa shape index (κ3) is 2.06. The quantitative estimate of drug-likeness (QED) is 0.728. The van der Waals surface area contributed by atoms with Crippen LogP contribution in [0.5, 0.6) is 0 Å². The van der Waals surface area contributed by atoms with Crippen molar-refractivity contribution in [2.45, 2.75) is 18.2 Å². The Morgan fingerprint density at radius 1 is 1.77 bits per heavy atom. The summed E-state index contributed by atoms with van der Waals surface area (Å²) >= 11 is 11.9. The summed E-state index contributed by atoms with van der Waals surface area (Å²) in [4.78, 5) is 9.95. The van der Waals surface area contributed by atoms with E-state index in [1.165, 1.54) is 6.08 Å². The first-order chi connectivity index (χ1) is 5.99. The monoisotopic (exact) mass is 220 g/mol. The Morgan fingerprint density at radius 2 is 2.38 bits per heavy atom. The van der Waals surface area contributed by atoms with E-state index < -0.39 is 16.8 Å². The number of aliphatic carboxylic acids is 1. The molecule has 0 fully saturated rings. The molecule has 1 aliphatic rings. The number of carboxylic acids is 1. The molecule has 1 rings (SSSR count). The fraction of sp³-hybridized carbons (Fsp3) is 0.444. The van der Waals surface area contributed by atoms with Gasteiger partial charge in [-0.3, -0.25) is 4.79 Å². The lowest BCUT2D eigenvalue weighted by molar-refractivity contribution is -0.140. The zero-order valence-corrected chi connectivity index (χ0v) is 8.64. The van der Waals surface area contributed by atoms with Crippen molar-refractivity contribution in [1.29, 1.82) is 0 Å². The lowest BCUT2D eigenvalue weighted by Crippen LogP contribution is -2.35. The lowest BCUT2D eigenvalue weighted by atomic mass is 9.85. The Hall–Kier alpha value is -0.470. The molecule has 0 spiro atoms. The number of rotatable bonds is 2. The standard InChI is InChI=1S/C9H10Cl2O2/c1-2-9(11)5-6(10)3-4-7(9)8(12)13/h3-5,7H,2H2,1H3,(H,12,13). The first kappa shape index (κ1) is 10.6. The molecule has 0 saturated carbocycles. The summed E-state index contributed by atoms with van der Waals surface area (Å²) in [6.45, 7) is 1.84. The van der Waals surface area contributed by atoms with Crippen LogP contribution < -0.4 is 0 Å². The van der Waals surface area contributed by atoms with E-state index in [0.29, 0.717) is 11.5 Å². The molecule has 0 radical (unpaired) electrons. The predicted molar refractivity (Wildman–Crippen MR) is 53.1 cm³/mol. The summed E-state index contributed by atoms with van der Waals surface area (Å²) in [7, 11) is 0. The minimum absolute atomic E-state index is 0.495. The second-order valence-corrected chi connectivity index (χ2v) is 4.12. The number of halogens is 2. The van der Waals surface area contributed by atoms with Gasteiger partial charge in [0.15, 0.2) is 0 Å². The molecule has 1 N–H and O–H groups in total. The van der Waals surface area contributed by atoms with Crippen molar-refractivity contribution < 1.29 is 9.90 Å². The molecule has 2 nitrogen and oxygen atoms in total. The van der Waals surface area contributed by atoms with Gasteiger partial charge < -0.3 is 5.11 Å². The van der Waals surface area contributed by atoms with E-state index in [9.17, 15) is 4.79 Å². The van der Waals surface area contributed by atoms with Crippen LogP contribution in [0.25, 0.3) is 0 Å². The van der Waals surface area contributed by atoms with E-state index >= 15 is 0 Å². The first-order valence-corrected chi connectivity index (χ1v) is 4.73. The molecule has 0 aromatic carbocycles. The first-order valence-electron chi connectivity index (χ1n) is 3.98. The molecule has 2 atom stereocenters. The fourth-order valence-corrected chi connectivity index (χ4v) is 1.93. The zero-order valence-electron chi connectivity index (χ0n) is 7.13. The molecule has 4 heteroatoms. The van der Waals surface area contributed by atoms with Gasteiger partial charge >= 0.3 is 5.97 Å². The van der Waals surface area contributed by atoms with Crippen molar-refractivity contribution in [2.24, 2.45) is 5.92 Å². The SMILES string of the molecule is CCC1(Cl)C=C(Cl)C=CC1C(=O)O. The molecule has 13 heavy (non-hydrogen) atoms. The van der Waals surface area contributed by atoms with Crippen LogP contribution in [0.3, 0.4) is 0 Å². The average molecular weight is 221 g/mol. The van der Waals surface area contributed by atoms with Gasteiger partial charge in [-0.1, -0.05) is 24.6 Å². The van der Waals surface area contributed by atoms with E-state index in [-0.39, 0.29) is 0 Å². The van der Waals surface area contributed by atoms with Gasteiger partial charge in [0, 0.05) is 5.03 Å². The maximum Gasteiger partial charge on any atom is 0.312 e. The van der Waals surface area contributed by atoms with Crippen LogP contribution in [0.4, 0.5) is 0 Å². The van der Waals surface area contributed by atoms with Crippen LogP contribution in [0.15, 0.2) is 23.3 Å². The second kappa shape index (κ2) is 3.72. The summed E-state index contributed by atoms with van der Waals surface area (Å²) in [6, 6.07) is 0. The highest BCUT2D eigenvalue weighted by Gasteiger charge is 2.38. The van der Waals surface area contributed by atoms with Crippen molar-refractivity contribution in [2.75, 3.05) is 0 Å². The molecule has 0 aromatic rings. The van der Waals surface area contributed by atoms with Gasteiger partial charge in [-0.05, 0) is 18.6 Å². The molecule has 0 aromatic heterocycles. The normalized spacial score (nSPS) is 32.8. The molecule has 2 unspecified atom stereocenters. The number of allylic oxidation sites excluding steroid dienone is 3. The number of carboxylic acid groups (broad SMARTS) is 1. The highest BCUT2D eigenvalue weighted by Crippen LogP contribution is 2.37. The maximum atomic E-state index is 10.8. The van der Waals surface area contributed by atoms with Crippen LogP contribution in [-0.4, -0.2) is 16.0 Å². The van der Waals surface area contributed by atoms with Gasteiger partial charge in [-0.2, -0.15) is 0 Å². The largest absolute Gasteiger partial charge is 0.481 e. The Bertz CT molecular complexity index is 283. The molecular weight excluding hydrogens is 211 g/mol. The van der Waals surface area contributed by atoms with Gasteiger partial charge in [0.05, 0.1) is 10.8 Å². The molecule has 72 valence electrons. The molecule has 0 bridgehead atoms. The van der Waals surface area contributed by atoms with E-state index in [0.717, 1.165) is 0 Å². The van der Waals surface area contributed by atoms with Crippen molar-refractivity contribution in [3.8, 4) is 0 Å². The van der Waals surface area contributed by atoms with Crippen molar-refractivity contribution >= 4 is 29.2 Å². The van der Waals surface area contributed by atoms with E-state index in [2.05, 4.69) is 0 Å². The van der Waals surface area contributed by atoms with Gasteiger partial charge in [0.2, 0.25) is 0 Å². The Morgan fingerprint density at radius 3 is 2.85 bits per heavy atom. The van der Waals surface area contributed by atoms with Crippen LogP contribution in [0.1, 0.15) is 13.3 Å². The third-order valence-electron chi connectivity index (χ3n) is 2.15. The van der Waals surface area contributed by atoms with Crippen LogP contribution >= 0.6 is 23.2 Å². The summed E-state index contributed by atoms with van der Waals surface area (Å²) in [6.07, 6.45) is 5.22. The van der Waals surface area contributed by atoms with Gasteiger partial charge in [0.1, 0.15) is 0 Å². The summed E-state index contributed by atoms with van der Waals surface area (Å²) in [5, 5.41) is 9.38. The Labute approximate surface area is 86.8 Å². The van der Waals surface area contributed by atoms with Gasteiger partial charge in [0.25, 0.3) is 0 Å². The van der Waals surface area contributed by atoms with Crippen LogP contribution in [0.2, 0.25) is 0 Å². The summed E-state index contributed by atoms with van der Waals surface area (Å²) in [5.74, 6) is -1.62. The van der Waals surface area contributed by atoms with Crippen molar-refractivity contribution in [1.82, 2.24) is 0 Å². The average Bonchev–Trinajstić information content (AvgIpc) is 2.03. The van der Waals surface area contributed by atoms with Gasteiger partial charge in [-0.15, -0.1) is 11.6 Å². The van der Waals surface area contributed by atoms with Gasteiger partial charge in [-0.25, -0.2) is 0 Å². The van der Waals surface area contributed by atoms with Crippen LogP contribution in [-0.2, 0) is 4.79 Å². The van der Waals surface area contributed by atoms with Crippen molar-refractivity contribution in [3.63, 3.8) is 0 Å². The molecule has 0 saturated heterocycles. The molecule has 1 aliphatic carbocycles. The third-order valence-corrected chi connectivity index (χ3v) is 3.00. The maximum absolute atomic E-state index is 10.8. The highest BCUT2D eigenvalue weighted by atomic mass is 35.5. The number of alkyl halides is 1. The molecule has 0 amide bonds. The lowest BCUT2D eigenvalue weighted by Gasteiger charge is -2.29. The topological polar surface area (TPSA) is 37.3 Å². The minimum Gasteiger partial charge on any atom is -0.481 e. The van der Waals surface area contributed by atoms with E-state index in [1.807, 2.05) is 6.92 Å². The Kier molecular flexibility index (Phi) is 3.04. The fourth-order valence-electron chi connectivity index (χ4n) is 1.32. The number of hydrogen-bond donors (Lipinski definition) is 1. The van der Waals surface area contributed by atoms with Crippen molar-refractivity contribution in [3.05, 3.63) is 23.3 Å². The highest BCUT2D eigenvalue weighted by molar-refractivity contribution is 6.34. The van der Waals surface area contributed by atoms with E-state index in [1.54, 1.807) is 12.2 Å². The number of hydrogen-bond acceptors (Lipinski definition) is 1. The second-order valence-electron chi connectivity index (χ2n) is 2.98. The molecule has 0 aliphatic heterocycles. The summed E-state index contributed by atoms with van der Waals surface area (Å²) in [5.41, 5.74) is 0. The zero-order chi connectivity index (χ0) is 10.1. The Balaban J connectivity index is 3.01. The molecular formula is C9H10Cl2O2. The smallest absolute Gasteiger partial charge is 0.312 e. The molecule has 0 heterocycles.